The number of hydrogen-bond donors (Lipinski definition) is 0. The summed E-state index contributed by atoms with van der Waals surface area (Å²) in [5, 5.41) is 5.47. The van der Waals surface area contributed by atoms with Crippen molar-refractivity contribution in [3.8, 4) is 125 Å². The molecule has 1 aliphatic carbocycles. The molecule has 21 aromatic rings. The lowest BCUT2D eigenvalue weighted by Crippen LogP contribution is -2.15. The van der Waals surface area contributed by atoms with Gasteiger partial charge in [0.15, 0.2) is 34.9 Å². The van der Waals surface area contributed by atoms with Crippen molar-refractivity contribution in [2.24, 2.45) is 0 Å². The van der Waals surface area contributed by atoms with Crippen LogP contribution < -0.4 is 0 Å². The van der Waals surface area contributed by atoms with Crippen LogP contribution >= 0.6 is 0 Å². The topological polar surface area (TPSA) is 152 Å². The molecule has 0 radical (unpaired) electrons. The molecule has 108 heavy (non-hydrogen) atoms. The summed E-state index contributed by atoms with van der Waals surface area (Å²) in [6.45, 7) is 4.64. The van der Waals surface area contributed by atoms with E-state index in [2.05, 4.69) is 199 Å². The molecule has 0 N–H and O–H groups in total. The van der Waals surface area contributed by atoms with Gasteiger partial charge in [0.25, 0.3) is 0 Å². The molecule has 13 nitrogen and oxygen atoms in total. The fraction of sp³-hybridized carbons (Fsp3) is 0.0316. The Balaban J connectivity index is 0.716. The number of benzene rings is 14. The largest absolute Gasteiger partial charge is 0.456 e. The van der Waals surface area contributed by atoms with E-state index in [1.807, 2.05) is 140 Å². The molecule has 7 aromatic heterocycles. The molecule has 506 valence electrons. The molecular weight excluding hydrogens is 1330 g/mol. The second-order valence-corrected chi connectivity index (χ2v) is 28.1. The van der Waals surface area contributed by atoms with Crippen LogP contribution in [0, 0.1) is 0 Å². The first-order valence-electron chi connectivity index (χ1n) is 36.1. The highest BCUT2D eigenvalue weighted by atomic mass is 16.3. The maximum absolute atomic E-state index is 7.32. The first-order valence-corrected chi connectivity index (χ1v) is 36.1. The quantitative estimate of drug-likeness (QED) is 0.122. The fourth-order valence-corrected chi connectivity index (χ4v) is 16.4. The van der Waals surface area contributed by atoms with Crippen molar-refractivity contribution in [1.29, 1.82) is 0 Å². The SMILES string of the molecule is CC1(C)c2ccccc2-c2ccc(-c3nc4ccccc4n3-c3ccc4oc5cccc(-c6nc(-c7ccccc7)nc(-c7cccc(-c8ccc(-c9nc(-c%10ccccc%10)nc(-c%10ccccc%10)n9)c9c8oc8ccc(-n%10c(-c%11cccc%12oc%13ccccc%13c%11%12)nc%11ccccc%11%10)cc89)c7)n6)c5c4c3)cc21. The minimum Gasteiger partial charge on any atom is -0.456 e. The summed E-state index contributed by atoms with van der Waals surface area (Å²) in [6.07, 6.45) is 0. The molecule has 22 rings (SSSR count). The Morgan fingerprint density at radius 2 is 0.685 bits per heavy atom. The van der Waals surface area contributed by atoms with Crippen LogP contribution in [0.4, 0.5) is 0 Å². The van der Waals surface area contributed by atoms with E-state index in [1.165, 1.54) is 22.3 Å². The average Bonchev–Trinajstić information content (AvgIpc) is 1.55. The molecule has 1 aliphatic rings. The van der Waals surface area contributed by atoms with Crippen molar-refractivity contribution in [3.05, 3.63) is 327 Å². The monoisotopic (exact) mass is 1390 g/mol. The summed E-state index contributed by atoms with van der Waals surface area (Å²) < 4.78 is 25.1. The lowest BCUT2D eigenvalue weighted by atomic mass is 9.82. The van der Waals surface area contributed by atoms with E-state index in [0.29, 0.717) is 51.7 Å². The molecular formula is C95H58N10O3. The van der Waals surface area contributed by atoms with Gasteiger partial charge in [0.2, 0.25) is 0 Å². The van der Waals surface area contributed by atoms with Gasteiger partial charge in [-0.3, -0.25) is 9.13 Å². The summed E-state index contributed by atoms with van der Waals surface area (Å²) in [5.74, 6) is 4.69. The zero-order valence-corrected chi connectivity index (χ0v) is 58.2. The van der Waals surface area contributed by atoms with Crippen molar-refractivity contribution in [2.75, 3.05) is 0 Å². The third-order valence-corrected chi connectivity index (χ3v) is 21.5. The Labute approximate surface area is 617 Å². The highest BCUT2D eigenvalue weighted by molar-refractivity contribution is 6.18. The lowest BCUT2D eigenvalue weighted by molar-refractivity contribution is 0.660. The van der Waals surface area contributed by atoms with Gasteiger partial charge in [-0.25, -0.2) is 39.9 Å². The first-order chi connectivity index (χ1) is 53.3. The van der Waals surface area contributed by atoms with Crippen molar-refractivity contribution >= 4 is 87.9 Å². The molecule has 14 aromatic carbocycles. The van der Waals surface area contributed by atoms with Crippen LogP contribution in [0.25, 0.3) is 213 Å². The van der Waals surface area contributed by atoms with E-state index in [9.17, 15) is 0 Å². The van der Waals surface area contributed by atoms with Gasteiger partial charge in [0.05, 0.1) is 22.1 Å². The van der Waals surface area contributed by atoms with Gasteiger partial charge < -0.3 is 13.3 Å². The maximum atomic E-state index is 7.32. The highest BCUT2D eigenvalue weighted by Crippen LogP contribution is 2.51. The minimum absolute atomic E-state index is 0.191. The van der Waals surface area contributed by atoms with Crippen LogP contribution in [0.2, 0.25) is 0 Å². The van der Waals surface area contributed by atoms with E-state index < -0.39 is 0 Å². The third kappa shape index (κ3) is 9.58. The van der Waals surface area contributed by atoms with Crippen LogP contribution in [0.1, 0.15) is 25.0 Å². The van der Waals surface area contributed by atoms with E-state index in [0.717, 1.165) is 150 Å². The number of imidazole rings is 2. The van der Waals surface area contributed by atoms with E-state index >= 15 is 0 Å². The van der Waals surface area contributed by atoms with Crippen LogP contribution in [0.15, 0.2) is 329 Å². The van der Waals surface area contributed by atoms with Gasteiger partial charge in [0, 0.05) is 99.2 Å². The van der Waals surface area contributed by atoms with Gasteiger partial charge in [-0.2, -0.15) is 0 Å². The smallest absolute Gasteiger partial charge is 0.164 e. The molecule has 0 unspecified atom stereocenters. The summed E-state index contributed by atoms with van der Waals surface area (Å²) in [6, 6.07) is 108. The summed E-state index contributed by atoms with van der Waals surface area (Å²) in [7, 11) is 0. The Morgan fingerprint density at radius 1 is 0.250 bits per heavy atom. The van der Waals surface area contributed by atoms with Crippen molar-refractivity contribution in [3.63, 3.8) is 0 Å². The number of aromatic nitrogens is 10. The van der Waals surface area contributed by atoms with Crippen LogP contribution in [0.3, 0.4) is 0 Å². The van der Waals surface area contributed by atoms with Crippen LogP contribution in [-0.2, 0) is 5.41 Å². The molecule has 0 spiro atoms. The Morgan fingerprint density at radius 3 is 1.34 bits per heavy atom. The number of para-hydroxylation sites is 5. The second kappa shape index (κ2) is 23.7. The third-order valence-electron chi connectivity index (χ3n) is 21.5. The Bertz CT molecular complexity index is 7230. The zero-order valence-electron chi connectivity index (χ0n) is 58.2. The number of nitrogens with zero attached hydrogens (tertiary/aromatic N) is 10. The van der Waals surface area contributed by atoms with Crippen LogP contribution in [0.5, 0.6) is 0 Å². The van der Waals surface area contributed by atoms with Gasteiger partial charge >= 0.3 is 0 Å². The van der Waals surface area contributed by atoms with Crippen molar-refractivity contribution < 1.29 is 13.3 Å². The van der Waals surface area contributed by atoms with Crippen molar-refractivity contribution in [1.82, 2.24) is 49.0 Å². The van der Waals surface area contributed by atoms with Gasteiger partial charge in [0.1, 0.15) is 45.1 Å². The van der Waals surface area contributed by atoms with E-state index in [1.54, 1.807) is 0 Å². The Hall–Kier alpha value is -14.6. The molecule has 0 fully saturated rings. The number of hydrogen-bond acceptors (Lipinski definition) is 11. The number of furan rings is 3. The minimum atomic E-state index is -0.191. The molecule has 0 bridgehead atoms. The first kappa shape index (κ1) is 61.0. The molecule has 0 amide bonds. The van der Waals surface area contributed by atoms with Crippen LogP contribution in [-0.4, -0.2) is 49.0 Å². The zero-order chi connectivity index (χ0) is 71.3. The molecule has 0 atom stereocenters. The molecule has 0 saturated heterocycles. The summed E-state index contributed by atoms with van der Waals surface area (Å²) in [4.78, 5) is 42.8. The van der Waals surface area contributed by atoms with E-state index in [-0.39, 0.29) is 5.41 Å². The molecule has 0 saturated carbocycles. The lowest BCUT2D eigenvalue weighted by Gasteiger charge is -2.22. The molecule has 7 heterocycles. The van der Waals surface area contributed by atoms with E-state index in [4.69, 9.17) is 53.1 Å². The van der Waals surface area contributed by atoms with Gasteiger partial charge in [-0.05, 0) is 131 Å². The van der Waals surface area contributed by atoms with Gasteiger partial charge in [-0.1, -0.05) is 226 Å². The molecule has 0 aliphatic heterocycles. The van der Waals surface area contributed by atoms with Crippen molar-refractivity contribution in [2.45, 2.75) is 19.3 Å². The normalized spacial score (nSPS) is 12.6. The number of fused-ring (bicyclic) bond motifs is 14. The fourth-order valence-electron chi connectivity index (χ4n) is 16.4. The molecule has 13 heteroatoms. The average molecular weight is 1390 g/mol. The summed E-state index contributed by atoms with van der Waals surface area (Å²) >= 11 is 0. The predicted molar refractivity (Wildman–Crippen MR) is 431 cm³/mol. The Kier molecular flexibility index (Phi) is 13.4. The standard InChI is InChI=1S/C95H58N10O3/c1-95(2)72-35-14-12-31-64(72)65-46-43-60(52-73(65)95)93-96-74-36-15-17-38-76(74)104(93)61-44-49-79-70(53-61)84-67(33-21-41-82(84)107-79)91-100-89(57-27-10-5-11-28-57)99-90(103-91)59-30-20-29-58(51-59)63-47-48-68(92-101-87(55-23-6-3-7-24-55)98-88(102-92)56-25-8-4-9-26-56)85-71-54-62(45-50-80(71)108-86(63)85)105-77-39-18-16-37-75(77)97-94(105)69-34-22-42-81-83(69)66-32-13-19-40-78(66)106-81/h3-54H,1-2H3. The highest BCUT2D eigenvalue weighted by Gasteiger charge is 2.36. The predicted octanol–water partition coefficient (Wildman–Crippen LogP) is 23.7. The van der Waals surface area contributed by atoms with Gasteiger partial charge in [-0.15, -0.1) is 0 Å². The second-order valence-electron chi connectivity index (χ2n) is 28.1. The number of rotatable bonds is 11. The summed E-state index contributed by atoms with van der Waals surface area (Å²) in [5.41, 5.74) is 23.4. The maximum Gasteiger partial charge on any atom is 0.164 e.